The molecule has 0 saturated heterocycles. The van der Waals surface area contributed by atoms with Gasteiger partial charge in [-0.2, -0.15) is 0 Å². The van der Waals surface area contributed by atoms with Crippen LogP contribution in [0, 0.1) is 0 Å². The van der Waals surface area contributed by atoms with Crippen LogP contribution in [0.5, 0.6) is 5.75 Å². The van der Waals surface area contributed by atoms with Gasteiger partial charge in [-0.15, -0.1) is 0 Å². The molecule has 1 aromatic carbocycles. The first-order chi connectivity index (χ1) is 10.2. The van der Waals surface area contributed by atoms with Crippen LogP contribution in [0.3, 0.4) is 0 Å². The summed E-state index contributed by atoms with van der Waals surface area (Å²) in [5.74, 6) is 0.911. The predicted octanol–water partition coefficient (Wildman–Crippen LogP) is 4.69. The molecule has 21 heavy (non-hydrogen) atoms. The molecule has 0 aliphatic heterocycles. The SMILES string of the molecule is CCCOc1c(Br)cc(Br)cc1CNCc1ccccn1. The van der Waals surface area contributed by atoms with E-state index in [1.807, 2.05) is 30.5 Å². The molecule has 2 aromatic rings. The van der Waals surface area contributed by atoms with E-state index in [0.717, 1.165) is 45.5 Å². The van der Waals surface area contributed by atoms with E-state index in [2.05, 4.69) is 55.2 Å². The Morgan fingerprint density at radius 2 is 2.05 bits per heavy atom. The van der Waals surface area contributed by atoms with Crippen LogP contribution in [-0.4, -0.2) is 11.6 Å². The van der Waals surface area contributed by atoms with Crippen LogP contribution in [0.25, 0.3) is 0 Å². The number of nitrogens with one attached hydrogen (secondary N) is 1. The number of halogens is 2. The molecule has 0 radical (unpaired) electrons. The lowest BCUT2D eigenvalue weighted by Gasteiger charge is -2.14. The van der Waals surface area contributed by atoms with E-state index in [9.17, 15) is 0 Å². The van der Waals surface area contributed by atoms with Gasteiger partial charge in [0.2, 0.25) is 0 Å². The second-order valence-corrected chi connectivity index (χ2v) is 6.42. The Morgan fingerprint density at radius 3 is 2.76 bits per heavy atom. The highest BCUT2D eigenvalue weighted by atomic mass is 79.9. The molecule has 0 bridgehead atoms. The van der Waals surface area contributed by atoms with E-state index >= 15 is 0 Å². The van der Waals surface area contributed by atoms with Crippen molar-refractivity contribution in [3.05, 3.63) is 56.7 Å². The van der Waals surface area contributed by atoms with Crippen LogP contribution in [0.1, 0.15) is 24.6 Å². The Hall–Kier alpha value is -0.910. The summed E-state index contributed by atoms with van der Waals surface area (Å²) >= 11 is 7.10. The normalized spacial score (nSPS) is 10.6. The molecule has 0 spiro atoms. The van der Waals surface area contributed by atoms with Gasteiger partial charge < -0.3 is 10.1 Å². The van der Waals surface area contributed by atoms with Gasteiger partial charge in [-0.25, -0.2) is 0 Å². The van der Waals surface area contributed by atoms with Gasteiger partial charge in [-0.05, 0) is 46.6 Å². The molecule has 0 aliphatic rings. The summed E-state index contributed by atoms with van der Waals surface area (Å²) in [6.45, 7) is 4.28. The van der Waals surface area contributed by atoms with Gasteiger partial charge in [0.15, 0.2) is 0 Å². The van der Waals surface area contributed by atoms with Gasteiger partial charge in [-0.3, -0.25) is 4.98 Å². The van der Waals surface area contributed by atoms with E-state index in [1.165, 1.54) is 0 Å². The Bertz CT molecular complexity index is 576. The van der Waals surface area contributed by atoms with Crippen LogP contribution in [-0.2, 0) is 13.1 Å². The third-order valence-electron chi connectivity index (χ3n) is 2.88. The molecule has 0 unspecified atom stereocenters. The molecular formula is C16H18Br2N2O. The van der Waals surface area contributed by atoms with Gasteiger partial charge >= 0.3 is 0 Å². The van der Waals surface area contributed by atoms with Crippen molar-refractivity contribution in [2.24, 2.45) is 0 Å². The van der Waals surface area contributed by atoms with E-state index < -0.39 is 0 Å². The summed E-state index contributed by atoms with van der Waals surface area (Å²) in [5, 5.41) is 3.41. The minimum Gasteiger partial charge on any atom is -0.492 e. The molecule has 0 amide bonds. The molecule has 5 heteroatoms. The number of ether oxygens (including phenoxy) is 1. The molecule has 0 aliphatic carbocycles. The summed E-state index contributed by atoms with van der Waals surface area (Å²) in [7, 11) is 0. The Labute approximate surface area is 142 Å². The quantitative estimate of drug-likeness (QED) is 0.715. The number of benzene rings is 1. The highest BCUT2D eigenvalue weighted by Gasteiger charge is 2.10. The Kier molecular flexibility index (Phi) is 6.67. The van der Waals surface area contributed by atoms with E-state index in [4.69, 9.17) is 4.74 Å². The molecule has 112 valence electrons. The van der Waals surface area contributed by atoms with Crippen LogP contribution in [0.2, 0.25) is 0 Å². The second kappa shape index (κ2) is 8.51. The average Bonchev–Trinajstić information content (AvgIpc) is 2.47. The van der Waals surface area contributed by atoms with Gasteiger partial charge in [-0.1, -0.05) is 28.9 Å². The molecule has 2 rings (SSSR count). The maximum atomic E-state index is 5.85. The zero-order valence-electron chi connectivity index (χ0n) is 11.9. The van der Waals surface area contributed by atoms with Crippen LogP contribution < -0.4 is 10.1 Å². The van der Waals surface area contributed by atoms with Crippen molar-refractivity contribution in [3.8, 4) is 5.75 Å². The number of aromatic nitrogens is 1. The Morgan fingerprint density at radius 1 is 1.19 bits per heavy atom. The second-order valence-electron chi connectivity index (χ2n) is 4.65. The topological polar surface area (TPSA) is 34.1 Å². The smallest absolute Gasteiger partial charge is 0.138 e. The molecule has 0 atom stereocenters. The van der Waals surface area contributed by atoms with Gasteiger partial charge in [0.05, 0.1) is 16.8 Å². The molecule has 0 saturated carbocycles. The molecule has 1 N–H and O–H groups in total. The zero-order chi connectivity index (χ0) is 15.1. The lowest BCUT2D eigenvalue weighted by molar-refractivity contribution is 0.311. The third kappa shape index (κ3) is 5.09. The number of hydrogen-bond donors (Lipinski definition) is 1. The van der Waals surface area contributed by atoms with Crippen molar-refractivity contribution < 1.29 is 4.74 Å². The highest BCUT2D eigenvalue weighted by Crippen LogP contribution is 2.33. The van der Waals surface area contributed by atoms with Crippen LogP contribution >= 0.6 is 31.9 Å². The minimum atomic E-state index is 0.716. The Balaban J connectivity index is 2.04. The molecule has 1 heterocycles. The fraction of sp³-hybridized carbons (Fsp3) is 0.312. The van der Waals surface area contributed by atoms with E-state index in [0.29, 0.717) is 6.61 Å². The number of nitrogens with zero attached hydrogens (tertiary/aromatic N) is 1. The molecule has 1 aromatic heterocycles. The summed E-state index contributed by atoms with van der Waals surface area (Å²) in [4.78, 5) is 4.30. The molecule has 0 fully saturated rings. The minimum absolute atomic E-state index is 0.716. The average molecular weight is 414 g/mol. The van der Waals surface area contributed by atoms with Gasteiger partial charge in [0.1, 0.15) is 5.75 Å². The van der Waals surface area contributed by atoms with Crippen molar-refractivity contribution >= 4 is 31.9 Å². The van der Waals surface area contributed by atoms with Gasteiger partial charge in [0, 0.05) is 29.3 Å². The summed E-state index contributed by atoms with van der Waals surface area (Å²) in [6, 6.07) is 10.0. The fourth-order valence-corrected chi connectivity index (χ4v) is 3.37. The van der Waals surface area contributed by atoms with Crippen molar-refractivity contribution in [1.29, 1.82) is 0 Å². The first-order valence-corrected chi connectivity index (χ1v) is 8.50. The molecular weight excluding hydrogens is 396 g/mol. The van der Waals surface area contributed by atoms with Gasteiger partial charge in [0.25, 0.3) is 0 Å². The van der Waals surface area contributed by atoms with E-state index in [-0.39, 0.29) is 0 Å². The van der Waals surface area contributed by atoms with Crippen LogP contribution in [0.4, 0.5) is 0 Å². The van der Waals surface area contributed by atoms with E-state index in [1.54, 1.807) is 0 Å². The first kappa shape index (κ1) is 16.5. The van der Waals surface area contributed by atoms with Crippen molar-refractivity contribution in [3.63, 3.8) is 0 Å². The maximum absolute atomic E-state index is 5.85. The monoisotopic (exact) mass is 412 g/mol. The van der Waals surface area contributed by atoms with Crippen molar-refractivity contribution in [2.45, 2.75) is 26.4 Å². The number of pyridine rings is 1. The summed E-state index contributed by atoms with van der Waals surface area (Å²) < 4.78 is 7.86. The maximum Gasteiger partial charge on any atom is 0.138 e. The number of hydrogen-bond acceptors (Lipinski definition) is 3. The largest absolute Gasteiger partial charge is 0.492 e. The predicted molar refractivity (Wildman–Crippen MR) is 92.4 cm³/mol. The van der Waals surface area contributed by atoms with Crippen molar-refractivity contribution in [1.82, 2.24) is 10.3 Å². The first-order valence-electron chi connectivity index (χ1n) is 6.92. The summed E-state index contributed by atoms with van der Waals surface area (Å²) in [5.41, 5.74) is 2.16. The number of rotatable bonds is 7. The fourth-order valence-electron chi connectivity index (χ4n) is 1.94. The summed E-state index contributed by atoms with van der Waals surface area (Å²) in [6.07, 6.45) is 2.80. The van der Waals surface area contributed by atoms with Crippen LogP contribution in [0.15, 0.2) is 45.5 Å². The highest BCUT2D eigenvalue weighted by molar-refractivity contribution is 9.11. The standard InChI is InChI=1S/C16H18Br2N2O/c1-2-7-21-16-12(8-13(17)9-15(16)18)10-19-11-14-5-3-4-6-20-14/h3-6,8-9,19H,2,7,10-11H2,1H3. The lowest BCUT2D eigenvalue weighted by Crippen LogP contribution is -2.14. The lowest BCUT2D eigenvalue weighted by atomic mass is 10.2. The van der Waals surface area contributed by atoms with Crippen molar-refractivity contribution in [2.75, 3.05) is 6.61 Å². The zero-order valence-corrected chi connectivity index (χ0v) is 15.1. The third-order valence-corrected chi connectivity index (χ3v) is 3.93. The molecule has 3 nitrogen and oxygen atoms in total.